The monoisotopic (exact) mass is 322 g/mol. The molecule has 3 rings (SSSR count). The third-order valence-electron chi connectivity index (χ3n) is 3.39. The van der Waals surface area contributed by atoms with Gasteiger partial charge in [0.15, 0.2) is 0 Å². The Bertz CT molecular complexity index is 783. The van der Waals surface area contributed by atoms with Crippen LogP contribution in [0.25, 0.3) is 11.0 Å². The lowest BCUT2D eigenvalue weighted by Crippen LogP contribution is -2.07. The van der Waals surface area contributed by atoms with Crippen molar-refractivity contribution in [2.24, 2.45) is 0 Å². The molecule has 1 heterocycles. The largest absolute Gasteiger partial charge is 0.323 e. The summed E-state index contributed by atoms with van der Waals surface area (Å²) in [6, 6.07) is 12.3. The van der Waals surface area contributed by atoms with Gasteiger partial charge in [-0.05, 0) is 24.3 Å². The van der Waals surface area contributed by atoms with Crippen LogP contribution in [0.15, 0.2) is 42.5 Å². The van der Waals surface area contributed by atoms with Gasteiger partial charge >= 0.3 is 0 Å². The Kier molecular flexibility index (Phi) is 4.13. The Morgan fingerprint density at radius 3 is 2.71 bits per heavy atom. The number of hydrogen-bond acceptors (Lipinski definition) is 1. The van der Waals surface area contributed by atoms with Crippen LogP contribution in [0.2, 0.25) is 5.02 Å². The normalized spacial score (nSPS) is 11.2. The summed E-state index contributed by atoms with van der Waals surface area (Å²) in [7, 11) is 0. The SMILES string of the molecule is Fc1ccccc1Cn1c(CCCl)nc2ccc(Cl)cc21. The summed E-state index contributed by atoms with van der Waals surface area (Å²) in [5.41, 5.74) is 2.36. The molecule has 0 fully saturated rings. The number of nitrogens with zero attached hydrogens (tertiary/aromatic N) is 2. The molecule has 0 spiro atoms. The summed E-state index contributed by atoms with van der Waals surface area (Å²) in [6.45, 7) is 0.412. The molecule has 21 heavy (non-hydrogen) atoms. The van der Waals surface area contributed by atoms with Gasteiger partial charge in [-0.2, -0.15) is 0 Å². The molecule has 108 valence electrons. The highest BCUT2D eigenvalue weighted by Gasteiger charge is 2.12. The maximum Gasteiger partial charge on any atom is 0.128 e. The van der Waals surface area contributed by atoms with Crippen LogP contribution in [-0.2, 0) is 13.0 Å². The molecule has 0 unspecified atom stereocenters. The van der Waals surface area contributed by atoms with Gasteiger partial charge in [-0.3, -0.25) is 0 Å². The number of aromatic nitrogens is 2. The quantitative estimate of drug-likeness (QED) is 0.639. The van der Waals surface area contributed by atoms with E-state index in [4.69, 9.17) is 23.2 Å². The Hall–Kier alpha value is -1.58. The topological polar surface area (TPSA) is 17.8 Å². The van der Waals surface area contributed by atoms with Gasteiger partial charge in [0.25, 0.3) is 0 Å². The van der Waals surface area contributed by atoms with Crippen LogP contribution in [0.4, 0.5) is 4.39 Å². The fourth-order valence-electron chi connectivity index (χ4n) is 2.39. The van der Waals surface area contributed by atoms with Crippen molar-refractivity contribution in [1.29, 1.82) is 0 Å². The maximum atomic E-state index is 13.9. The smallest absolute Gasteiger partial charge is 0.128 e. The first-order valence-corrected chi connectivity index (χ1v) is 7.54. The van der Waals surface area contributed by atoms with Crippen LogP contribution in [-0.4, -0.2) is 15.4 Å². The Morgan fingerprint density at radius 2 is 1.95 bits per heavy atom. The molecule has 0 saturated heterocycles. The van der Waals surface area contributed by atoms with Crippen molar-refractivity contribution in [3.8, 4) is 0 Å². The van der Waals surface area contributed by atoms with E-state index in [1.807, 2.05) is 22.8 Å². The highest BCUT2D eigenvalue weighted by atomic mass is 35.5. The maximum absolute atomic E-state index is 13.9. The summed E-state index contributed by atoms with van der Waals surface area (Å²) in [5.74, 6) is 1.08. The molecule has 3 aromatic rings. The molecule has 1 aromatic heterocycles. The second-order valence-corrected chi connectivity index (χ2v) is 5.59. The number of hydrogen-bond donors (Lipinski definition) is 0. The molecule has 0 amide bonds. The van der Waals surface area contributed by atoms with Crippen LogP contribution < -0.4 is 0 Å². The fraction of sp³-hybridized carbons (Fsp3) is 0.188. The molecule has 0 atom stereocenters. The number of fused-ring (bicyclic) bond motifs is 1. The molecule has 0 N–H and O–H groups in total. The van der Waals surface area contributed by atoms with Crippen molar-refractivity contribution in [2.75, 3.05) is 5.88 Å². The van der Waals surface area contributed by atoms with Crippen LogP contribution in [0.5, 0.6) is 0 Å². The Labute approximate surface area is 132 Å². The van der Waals surface area contributed by atoms with Crippen LogP contribution in [0.1, 0.15) is 11.4 Å². The molecule has 0 aliphatic rings. The zero-order chi connectivity index (χ0) is 14.8. The fourth-order valence-corrected chi connectivity index (χ4v) is 2.73. The van der Waals surface area contributed by atoms with Gasteiger partial charge < -0.3 is 4.57 Å². The average molecular weight is 323 g/mol. The lowest BCUT2D eigenvalue weighted by Gasteiger charge is -2.09. The first-order chi connectivity index (χ1) is 10.2. The van der Waals surface area contributed by atoms with Crippen molar-refractivity contribution in [3.63, 3.8) is 0 Å². The summed E-state index contributed by atoms with van der Waals surface area (Å²) in [6.07, 6.45) is 0.627. The Morgan fingerprint density at radius 1 is 1.14 bits per heavy atom. The summed E-state index contributed by atoms with van der Waals surface area (Å²) in [5, 5.41) is 0.634. The standard InChI is InChI=1S/C16H13Cl2FN2/c17-8-7-16-20-14-6-5-12(18)9-15(14)21(16)10-11-3-1-2-4-13(11)19/h1-6,9H,7-8,10H2. The minimum absolute atomic E-state index is 0.224. The number of rotatable bonds is 4. The zero-order valence-electron chi connectivity index (χ0n) is 11.2. The zero-order valence-corrected chi connectivity index (χ0v) is 12.7. The molecule has 0 aliphatic carbocycles. The van der Waals surface area contributed by atoms with E-state index < -0.39 is 0 Å². The van der Waals surface area contributed by atoms with Gasteiger partial charge in [-0.25, -0.2) is 9.37 Å². The van der Waals surface area contributed by atoms with Gasteiger partial charge in [0, 0.05) is 22.9 Å². The summed E-state index contributed by atoms with van der Waals surface area (Å²) < 4.78 is 15.9. The second-order valence-electron chi connectivity index (χ2n) is 4.78. The molecular weight excluding hydrogens is 310 g/mol. The minimum atomic E-state index is -0.224. The van der Waals surface area contributed by atoms with Crippen LogP contribution in [0.3, 0.4) is 0 Å². The number of aryl methyl sites for hydroxylation is 1. The first kappa shape index (κ1) is 14.4. The van der Waals surface area contributed by atoms with E-state index in [1.54, 1.807) is 18.2 Å². The number of benzene rings is 2. The van der Waals surface area contributed by atoms with Crippen molar-refractivity contribution in [2.45, 2.75) is 13.0 Å². The molecule has 0 saturated carbocycles. The van der Waals surface area contributed by atoms with Gasteiger partial charge in [0.2, 0.25) is 0 Å². The van der Waals surface area contributed by atoms with E-state index in [9.17, 15) is 4.39 Å². The molecule has 2 nitrogen and oxygen atoms in total. The minimum Gasteiger partial charge on any atom is -0.323 e. The lowest BCUT2D eigenvalue weighted by molar-refractivity contribution is 0.598. The van der Waals surface area contributed by atoms with Crippen LogP contribution >= 0.6 is 23.2 Å². The molecule has 0 bridgehead atoms. The van der Waals surface area contributed by atoms with E-state index in [0.29, 0.717) is 29.4 Å². The van der Waals surface area contributed by atoms with Crippen molar-refractivity contribution in [1.82, 2.24) is 9.55 Å². The first-order valence-electron chi connectivity index (χ1n) is 6.63. The van der Waals surface area contributed by atoms with Crippen molar-refractivity contribution >= 4 is 34.2 Å². The number of halogens is 3. The van der Waals surface area contributed by atoms with Crippen LogP contribution in [0, 0.1) is 5.82 Å². The van der Waals surface area contributed by atoms with Gasteiger partial charge in [-0.15, -0.1) is 11.6 Å². The molecular formula is C16H13Cl2FN2. The lowest BCUT2D eigenvalue weighted by atomic mass is 10.2. The highest BCUT2D eigenvalue weighted by molar-refractivity contribution is 6.31. The van der Waals surface area contributed by atoms with E-state index in [-0.39, 0.29) is 5.82 Å². The van der Waals surface area contributed by atoms with Gasteiger partial charge in [0.1, 0.15) is 11.6 Å². The number of alkyl halides is 1. The summed E-state index contributed by atoms with van der Waals surface area (Å²) in [4.78, 5) is 4.57. The second kappa shape index (κ2) is 6.04. The van der Waals surface area contributed by atoms with E-state index in [0.717, 1.165) is 16.9 Å². The molecule has 5 heteroatoms. The van der Waals surface area contributed by atoms with Gasteiger partial charge in [-0.1, -0.05) is 29.8 Å². The number of imidazole rings is 1. The predicted molar refractivity (Wildman–Crippen MR) is 84.7 cm³/mol. The molecule has 0 aliphatic heterocycles. The summed E-state index contributed by atoms with van der Waals surface area (Å²) >= 11 is 11.9. The third-order valence-corrected chi connectivity index (χ3v) is 3.82. The molecule has 0 radical (unpaired) electrons. The van der Waals surface area contributed by atoms with Gasteiger partial charge in [0.05, 0.1) is 17.6 Å². The van der Waals surface area contributed by atoms with E-state index in [1.165, 1.54) is 6.07 Å². The average Bonchev–Trinajstić information content (AvgIpc) is 2.79. The molecule has 2 aromatic carbocycles. The van der Waals surface area contributed by atoms with E-state index in [2.05, 4.69) is 4.98 Å². The van der Waals surface area contributed by atoms with Crippen molar-refractivity contribution in [3.05, 3.63) is 64.7 Å². The highest BCUT2D eigenvalue weighted by Crippen LogP contribution is 2.23. The van der Waals surface area contributed by atoms with E-state index >= 15 is 0 Å². The van der Waals surface area contributed by atoms with Crippen molar-refractivity contribution < 1.29 is 4.39 Å². The predicted octanol–water partition coefficient (Wildman–Crippen LogP) is 4.66. The Balaban J connectivity index is 2.12. The third kappa shape index (κ3) is 2.89.